The smallest absolute Gasteiger partial charge is 0.416 e. The Morgan fingerprint density at radius 1 is 1.50 bits per heavy atom. The molecule has 0 aliphatic rings. The Labute approximate surface area is 133 Å². The minimum atomic E-state index is -0.629. The van der Waals surface area contributed by atoms with Gasteiger partial charge in [0.15, 0.2) is 5.15 Å². The molecule has 0 aliphatic heterocycles. The molecule has 2 rings (SSSR count). The van der Waals surface area contributed by atoms with Crippen molar-refractivity contribution in [2.24, 2.45) is 5.73 Å². The van der Waals surface area contributed by atoms with Gasteiger partial charge in [-0.15, -0.1) is 0 Å². The lowest BCUT2D eigenvalue weighted by atomic mass is 10.2. The second-order valence-electron chi connectivity index (χ2n) is 5.55. The van der Waals surface area contributed by atoms with Gasteiger partial charge < -0.3 is 10.5 Å². The summed E-state index contributed by atoms with van der Waals surface area (Å²) in [7, 11) is 0. The van der Waals surface area contributed by atoms with Gasteiger partial charge in [0.1, 0.15) is 11.3 Å². The first-order valence-corrected chi connectivity index (χ1v) is 7.06. The molecule has 2 aromatic heterocycles. The first-order valence-electron chi connectivity index (χ1n) is 6.68. The fourth-order valence-electron chi connectivity index (χ4n) is 1.73. The molecule has 0 bridgehead atoms. The fraction of sp³-hybridized carbons (Fsp3) is 0.357. The van der Waals surface area contributed by atoms with Gasteiger partial charge in [0.05, 0.1) is 24.7 Å². The van der Waals surface area contributed by atoms with Crippen LogP contribution in [-0.4, -0.2) is 33.1 Å². The number of rotatable bonds is 3. The summed E-state index contributed by atoms with van der Waals surface area (Å²) >= 11 is 6.13. The summed E-state index contributed by atoms with van der Waals surface area (Å²) in [5.74, 6) is 0. The first-order chi connectivity index (χ1) is 10.3. The number of nitrogens with two attached hydrogens (primary N) is 1. The van der Waals surface area contributed by atoms with Crippen molar-refractivity contribution in [2.75, 3.05) is 11.6 Å². The number of carbonyl (C=O) groups is 1. The molecule has 0 aliphatic carbocycles. The lowest BCUT2D eigenvalue weighted by Gasteiger charge is -2.25. The lowest BCUT2D eigenvalue weighted by molar-refractivity contribution is 0.0581. The van der Waals surface area contributed by atoms with Gasteiger partial charge in [0.25, 0.3) is 0 Å². The number of carbonyl (C=O) groups excluding carboxylic acids is 1. The third-order valence-electron chi connectivity index (χ3n) is 2.65. The lowest BCUT2D eigenvalue weighted by Crippen LogP contribution is -2.40. The van der Waals surface area contributed by atoms with Crippen LogP contribution in [0.15, 0.2) is 30.7 Å². The summed E-state index contributed by atoms with van der Waals surface area (Å²) in [5, 5.41) is 4.32. The summed E-state index contributed by atoms with van der Waals surface area (Å²) in [5.41, 5.74) is 6.13. The number of ether oxygens (including phenoxy) is 1. The first kappa shape index (κ1) is 16.3. The molecule has 7 nitrogen and oxygen atoms in total. The fourth-order valence-corrected chi connectivity index (χ4v) is 1.97. The zero-order valence-corrected chi connectivity index (χ0v) is 13.4. The number of anilines is 1. The maximum absolute atomic E-state index is 12.2. The standard InChI is InChI=1S/C14H18ClN5O2/c1-14(2,3)22-13(21)19(9-16)11-8-20(18-12(11)15)10-5-4-6-17-7-10/h4-8H,9,16H2,1-3H3. The molecule has 0 unspecified atom stereocenters. The van der Waals surface area contributed by atoms with Crippen molar-refractivity contribution in [3.63, 3.8) is 0 Å². The third-order valence-corrected chi connectivity index (χ3v) is 2.92. The highest BCUT2D eigenvalue weighted by Gasteiger charge is 2.25. The largest absolute Gasteiger partial charge is 0.443 e. The Morgan fingerprint density at radius 2 is 2.23 bits per heavy atom. The number of hydrogen-bond donors (Lipinski definition) is 1. The van der Waals surface area contributed by atoms with Crippen LogP contribution in [0.2, 0.25) is 5.15 Å². The summed E-state index contributed by atoms with van der Waals surface area (Å²) in [4.78, 5) is 17.4. The molecule has 0 saturated carbocycles. The Balaban J connectivity index is 2.31. The van der Waals surface area contributed by atoms with Crippen LogP contribution in [0.1, 0.15) is 20.8 Å². The van der Waals surface area contributed by atoms with Gasteiger partial charge in [-0.1, -0.05) is 11.6 Å². The monoisotopic (exact) mass is 323 g/mol. The normalized spacial score (nSPS) is 11.3. The van der Waals surface area contributed by atoms with Crippen molar-refractivity contribution in [3.05, 3.63) is 35.9 Å². The van der Waals surface area contributed by atoms with Crippen LogP contribution in [-0.2, 0) is 4.74 Å². The zero-order valence-electron chi connectivity index (χ0n) is 12.7. The summed E-state index contributed by atoms with van der Waals surface area (Å²) in [6.45, 7) is 5.26. The van der Waals surface area contributed by atoms with Crippen molar-refractivity contribution in [3.8, 4) is 5.69 Å². The second-order valence-corrected chi connectivity index (χ2v) is 5.91. The van der Waals surface area contributed by atoms with E-state index >= 15 is 0 Å². The Bertz CT molecular complexity index is 651. The molecular weight excluding hydrogens is 306 g/mol. The van der Waals surface area contributed by atoms with Gasteiger partial charge in [0, 0.05) is 6.20 Å². The van der Waals surface area contributed by atoms with Crippen LogP contribution >= 0.6 is 11.6 Å². The van der Waals surface area contributed by atoms with E-state index in [2.05, 4.69) is 10.1 Å². The molecule has 0 saturated heterocycles. The number of aromatic nitrogens is 3. The number of hydrogen-bond acceptors (Lipinski definition) is 5. The van der Waals surface area contributed by atoms with E-state index in [0.29, 0.717) is 5.69 Å². The number of pyridine rings is 1. The highest BCUT2D eigenvalue weighted by molar-refractivity contribution is 6.32. The van der Waals surface area contributed by atoms with Gasteiger partial charge in [-0.3, -0.25) is 9.88 Å². The van der Waals surface area contributed by atoms with Gasteiger partial charge in [0.2, 0.25) is 0 Å². The molecule has 2 N–H and O–H groups in total. The third kappa shape index (κ3) is 3.75. The van der Waals surface area contributed by atoms with Crippen LogP contribution in [0.4, 0.5) is 10.5 Å². The van der Waals surface area contributed by atoms with E-state index in [1.165, 1.54) is 9.58 Å². The molecule has 0 aromatic carbocycles. The second kappa shape index (κ2) is 6.33. The van der Waals surface area contributed by atoms with Crippen molar-refractivity contribution in [1.82, 2.24) is 14.8 Å². The van der Waals surface area contributed by atoms with E-state index in [-0.39, 0.29) is 11.8 Å². The summed E-state index contributed by atoms with van der Waals surface area (Å²) < 4.78 is 6.84. The quantitative estimate of drug-likeness (QED) is 0.877. The molecule has 22 heavy (non-hydrogen) atoms. The van der Waals surface area contributed by atoms with Gasteiger partial charge in [-0.25, -0.2) is 9.48 Å². The van der Waals surface area contributed by atoms with Gasteiger partial charge in [-0.2, -0.15) is 5.10 Å². The topological polar surface area (TPSA) is 86.3 Å². The average molecular weight is 324 g/mol. The SMILES string of the molecule is CC(C)(C)OC(=O)N(CN)c1cn(-c2cccnc2)nc1Cl. The van der Waals surface area contributed by atoms with Crippen LogP contribution in [0.25, 0.3) is 5.69 Å². The number of amides is 1. The maximum Gasteiger partial charge on any atom is 0.416 e. The van der Waals surface area contributed by atoms with Crippen molar-refractivity contribution in [2.45, 2.75) is 26.4 Å². The summed E-state index contributed by atoms with van der Waals surface area (Å²) in [6.07, 6.45) is 4.31. The molecule has 0 radical (unpaired) electrons. The highest BCUT2D eigenvalue weighted by atomic mass is 35.5. The molecule has 0 atom stereocenters. The Kier molecular flexibility index (Phi) is 4.68. The highest BCUT2D eigenvalue weighted by Crippen LogP contribution is 2.26. The maximum atomic E-state index is 12.2. The number of nitrogens with zero attached hydrogens (tertiary/aromatic N) is 4. The summed E-state index contributed by atoms with van der Waals surface area (Å²) in [6, 6.07) is 3.60. The molecular formula is C14H18ClN5O2. The van der Waals surface area contributed by atoms with Gasteiger partial charge >= 0.3 is 6.09 Å². The molecule has 118 valence electrons. The molecule has 2 heterocycles. The van der Waals surface area contributed by atoms with Crippen molar-refractivity contribution in [1.29, 1.82) is 0 Å². The van der Waals surface area contributed by atoms with E-state index in [9.17, 15) is 4.79 Å². The minimum absolute atomic E-state index is 0.0760. The predicted octanol–water partition coefficient (Wildman–Crippen LogP) is 2.58. The molecule has 1 amide bonds. The van der Waals surface area contributed by atoms with Crippen molar-refractivity contribution >= 4 is 23.4 Å². The Morgan fingerprint density at radius 3 is 2.77 bits per heavy atom. The van der Waals surface area contributed by atoms with Crippen LogP contribution in [0.5, 0.6) is 0 Å². The molecule has 8 heteroatoms. The predicted molar refractivity (Wildman–Crippen MR) is 84.1 cm³/mol. The van der Waals surface area contributed by atoms with Crippen LogP contribution in [0.3, 0.4) is 0 Å². The molecule has 2 aromatic rings. The van der Waals surface area contributed by atoms with E-state index in [1.54, 1.807) is 45.4 Å². The van der Waals surface area contributed by atoms with E-state index in [0.717, 1.165) is 5.69 Å². The van der Waals surface area contributed by atoms with Crippen LogP contribution in [0, 0.1) is 0 Å². The molecule has 0 spiro atoms. The molecule has 0 fully saturated rings. The van der Waals surface area contributed by atoms with E-state index in [4.69, 9.17) is 22.1 Å². The van der Waals surface area contributed by atoms with Crippen LogP contribution < -0.4 is 10.6 Å². The Hall–Kier alpha value is -2.12. The zero-order chi connectivity index (χ0) is 16.3. The van der Waals surface area contributed by atoms with Crippen molar-refractivity contribution < 1.29 is 9.53 Å². The van der Waals surface area contributed by atoms with E-state index in [1.807, 2.05) is 6.07 Å². The minimum Gasteiger partial charge on any atom is -0.443 e. The average Bonchev–Trinajstić information content (AvgIpc) is 2.81. The number of halogens is 1. The van der Waals surface area contributed by atoms with Gasteiger partial charge in [-0.05, 0) is 32.9 Å². The van der Waals surface area contributed by atoms with E-state index < -0.39 is 11.7 Å².